The molecule has 0 bridgehead atoms. The SMILES string of the molecule is CCCn1nc(C)c(N)c1Oc1cccc(F)c1C(N)=O. The molecular weight excluding hydrogens is 275 g/mol. The van der Waals surface area contributed by atoms with E-state index >= 15 is 0 Å². The average Bonchev–Trinajstić information content (AvgIpc) is 2.67. The van der Waals surface area contributed by atoms with E-state index in [0.29, 0.717) is 17.9 Å². The molecule has 0 unspecified atom stereocenters. The molecule has 0 aliphatic rings. The second-order valence-corrected chi connectivity index (χ2v) is 4.61. The van der Waals surface area contributed by atoms with Gasteiger partial charge in [-0.3, -0.25) is 4.79 Å². The fourth-order valence-electron chi connectivity index (χ4n) is 1.98. The number of nitrogens with two attached hydrogens (primary N) is 2. The van der Waals surface area contributed by atoms with Crippen LogP contribution in [0.25, 0.3) is 0 Å². The summed E-state index contributed by atoms with van der Waals surface area (Å²) in [5.74, 6) is -1.34. The van der Waals surface area contributed by atoms with Gasteiger partial charge in [0.05, 0.1) is 5.69 Å². The number of ether oxygens (including phenoxy) is 1. The van der Waals surface area contributed by atoms with Crippen LogP contribution in [0.15, 0.2) is 18.2 Å². The number of rotatable bonds is 5. The monoisotopic (exact) mass is 292 g/mol. The molecule has 2 rings (SSSR count). The van der Waals surface area contributed by atoms with E-state index < -0.39 is 11.7 Å². The van der Waals surface area contributed by atoms with Crippen molar-refractivity contribution in [3.8, 4) is 11.6 Å². The summed E-state index contributed by atoms with van der Waals surface area (Å²) in [4.78, 5) is 11.4. The normalized spacial score (nSPS) is 10.6. The molecule has 0 radical (unpaired) electrons. The highest BCUT2D eigenvalue weighted by atomic mass is 19.1. The van der Waals surface area contributed by atoms with Crippen LogP contribution in [-0.4, -0.2) is 15.7 Å². The summed E-state index contributed by atoms with van der Waals surface area (Å²) in [7, 11) is 0. The van der Waals surface area contributed by atoms with Crippen LogP contribution in [-0.2, 0) is 6.54 Å². The van der Waals surface area contributed by atoms with E-state index in [9.17, 15) is 9.18 Å². The first-order chi connectivity index (χ1) is 9.95. The quantitative estimate of drug-likeness (QED) is 0.883. The molecule has 0 aliphatic heterocycles. The van der Waals surface area contributed by atoms with Gasteiger partial charge in [-0.15, -0.1) is 0 Å². The van der Waals surface area contributed by atoms with Gasteiger partial charge < -0.3 is 16.2 Å². The van der Waals surface area contributed by atoms with E-state index in [1.54, 1.807) is 11.6 Å². The van der Waals surface area contributed by atoms with Gasteiger partial charge in [-0.05, 0) is 25.5 Å². The summed E-state index contributed by atoms with van der Waals surface area (Å²) in [6.07, 6.45) is 0.822. The second kappa shape index (κ2) is 5.82. The molecular formula is C14H17FN4O2. The van der Waals surface area contributed by atoms with Gasteiger partial charge in [0.15, 0.2) is 0 Å². The smallest absolute Gasteiger partial charge is 0.255 e. The zero-order chi connectivity index (χ0) is 15.6. The van der Waals surface area contributed by atoms with Gasteiger partial charge in [0.2, 0.25) is 5.88 Å². The predicted octanol–water partition coefficient (Wildman–Crippen LogP) is 2.21. The standard InChI is InChI=1S/C14H17FN4O2/c1-3-7-19-14(12(16)8(2)18-19)21-10-6-4-5-9(15)11(10)13(17)20/h4-6H,3,7,16H2,1-2H3,(H2,17,20). The summed E-state index contributed by atoms with van der Waals surface area (Å²) in [6, 6.07) is 4.03. The lowest BCUT2D eigenvalue weighted by Crippen LogP contribution is -2.15. The topological polar surface area (TPSA) is 96.2 Å². The minimum atomic E-state index is -0.903. The lowest BCUT2D eigenvalue weighted by atomic mass is 10.2. The molecule has 1 heterocycles. The number of aryl methyl sites for hydroxylation is 2. The Morgan fingerprint density at radius 2 is 2.19 bits per heavy atom. The molecule has 1 amide bonds. The highest BCUT2D eigenvalue weighted by Gasteiger charge is 2.20. The zero-order valence-corrected chi connectivity index (χ0v) is 11.9. The molecule has 7 heteroatoms. The van der Waals surface area contributed by atoms with Crippen LogP contribution in [0.2, 0.25) is 0 Å². The molecule has 1 aromatic heterocycles. The first kappa shape index (κ1) is 14.8. The summed E-state index contributed by atoms with van der Waals surface area (Å²) in [6.45, 7) is 4.32. The van der Waals surface area contributed by atoms with E-state index in [1.807, 2.05) is 6.92 Å². The number of nitrogens with zero attached hydrogens (tertiary/aromatic N) is 2. The Kier molecular flexibility index (Phi) is 4.11. The highest BCUT2D eigenvalue weighted by Crippen LogP contribution is 2.32. The summed E-state index contributed by atoms with van der Waals surface area (Å²) in [5.41, 5.74) is 11.8. The fourth-order valence-corrected chi connectivity index (χ4v) is 1.98. The highest BCUT2D eigenvalue weighted by molar-refractivity contribution is 5.96. The largest absolute Gasteiger partial charge is 0.436 e. The van der Waals surface area contributed by atoms with Crippen LogP contribution >= 0.6 is 0 Å². The lowest BCUT2D eigenvalue weighted by molar-refractivity contribution is 0.0994. The van der Waals surface area contributed by atoms with Gasteiger partial charge in [-0.25, -0.2) is 9.07 Å². The van der Waals surface area contributed by atoms with Crippen molar-refractivity contribution in [2.24, 2.45) is 5.73 Å². The first-order valence-corrected chi connectivity index (χ1v) is 6.54. The molecule has 0 fully saturated rings. The number of nitrogen functional groups attached to an aromatic ring is 1. The maximum atomic E-state index is 13.7. The molecule has 1 aromatic carbocycles. The van der Waals surface area contributed by atoms with Gasteiger partial charge in [0, 0.05) is 6.54 Å². The van der Waals surface area contributed by atoms with Crippen molar-refractivity contribution >= 4 is 11.6 Å². The van der Waals surface area contributed by atoms with Crippen molar-refractivity contribution in [3.63, 3.8) is 0 Å². The maximum Gasteiger partial charge on any atom is 0.255 e. The summed E-state index contributed by atoms with van der Waals surface area (Å²) < 4.78 is 20.9. The third kappa shape index (κ3) is 2.81. The van der Waals surface area contributed by atoms with Crippen molar-refractivity contribution in [2.45, 2.75) is 26.8 Å². The molecule has 0 saturated carbocycles. The van der Waals surface area contributed by atoms with Gasteiger partial charge in [-0.1, -0.05) is 13.0 Å². The summed E-state index contributed by atoms with van der Waals surface area (Å²) >= 11 is 0. The molecule has 6 nitrogen and oxygen atoms in total. The molecule has 21 heavy (non-hydrogen) atoms. The van der Waals surface area contributed by atoms with E-state index in [0.717, 1.165) is 12.5 Å². The predicted molar refractivity (Wildman–Crippen MR) is 76.7 cm³/mol. The van der Waals surface area contributed by atoms with Crippen molar-refractivity contribution in [3.05, 3.63) is 35.3 Å². The van der Waals surface area contributed by atoms with Crippen molar-refractivity contribution in [2.75, 3.05) is 5.73 Å². The Morgan fingerprint density at radius 1 is 1.48 bits per heavy atom. The Balaban J connectivity index is 2.48. The van der Waals surface area contributed by atoms with Gasteiger partial charge in [0.25, 0.3) is 5.91 Å². The second-order valence-electron chi connectivity index (χ2n) is 4.61. The fraction of sp³-hybridized carbons (Fsp3) is 0.286. The number of hydrogen-bond donors (Lipinski definition) is 2. The van der Waals surface area contributed by atoms with Gasteiger partial charge >= 0.3 is 0 Å². The number of halogens is 1. The molecule has 4 N–H and O–H groups in total. The van der Waals surface area contributed by atoms with E-state index in [4.69, 9.17) is 16.2 Å². The number of aromatic nitrogens is 2. The van der Waals surface area contributed by atoms with E-state index in [1.165, 1.54) is 12.1 Å². The van der Waals surface area contributed by atoms with E-state index in [-0.39, 0.29) is 17.2 Å². The number of primary amides is 1. The molecule has 0 aliphatic carbocycles. The minimum absolute atomic E-state index is 0.0199. The Bertz CT molecular complexity index is 682. The summed E-state index contributed by atoms with van der Waals surface area (Å²) in [5, 5.41) is 4.25. The minimum Gasteiger partial charge on any atom is -0.436 e. The number of carbonyl (C=O) groups excluding carboxylic acids is 1. The Hall–Kier alpha value is -2.57. The first-order valence-electron chi connectivity index (χ1n) is 6.54. The molecule has 2 aromatic rings. The van der Waals surface area contributed by atoms with Crippen LogP contribution in [0.3, 0.4) is 0 Å². The average molecular weight is 292 g/mol. The molecule has 0 spiro atoms. The number of carbonyl (C=O) groups is 1. The van der Waals surface area contributed by atoms with Crippen molar-refractivity contribution < 1.29 is 13.9 Å². The number of hydrogen-bond acceptors (Lipinski definition) is 4. The lowest BCUT2D eigenvalue weighted by Gasteiger charge is -2.11. The third-order valence-electron chi connectivity index (χ3n) is 2.99. The van der Waals surface area contributed by atoms with Crippen LogP contribution in [0, 0.1) is 12.7 Å². The number of amides is 1. The van der Waals surface area contributed by atoms with E-state index in [2.05, 4.69) is 5.10 Å². The third-order valence-corrected chi connectivity index (χ3v) is 2.99. The van der Waals surface area contributed by atoms with Gasteiger partial charge in [0.1, 0.15) is 22.8 Å². The van der Waals surface area contributed by atoms with Crippen LogP contribution in [0.4, 0.5) is 10.1 Å². The zero-order valence-electron chi connectivity index (χ0n) is 11.9. The maximum absolute atomic E-state index is 13.7. The number of anilines is 1. The van der Waals surface area contributed by atoms with Crippen molar-refractivity contribution in [1.82, 2.24) is 9.78 Å². The molecule has 0 saturated heterocycles. The molecule has 112 valence electrons. The van der Waals surface area contributed by atoms with Crippen LogP contribution in [0.5, 0.6) is 11.6 Å². The Labute approximate surface area is 121 Å². The Morgan fingerprint density at radius 3 is 2.81 bits per heavy atom. The molecule has 0 atom stereocenters. The van der Waals surface area contributed by atoms with Crippen LogP contribution < -0.4 is 16.2 Å². The van der Waals surface area contributed by atoms with Gasteiger partial charge in [-0.2, -0.15) is 5.10 Å². The van der Waals surface area contributed by atoms with Crippen molar-refractivity contribution in [1.29, 1.82) is 0 Å². The number of benzene rings is 1. The van der Waals surface area contributed by atoms with Crippen LogP contribution in [0.1, 0.15) is 29.4 Å².